The number of rotatable bonds is 1. The van der Waals surface area contributed by atoms with Gasteiger partial charge in [0.2, 0.25) is 0 Å². The molecule has 0 unspecified atom stereocenters. The summed E-state index contributed by atoms with van der Waals surface area (Å²) in [6.45, 7) is 3.82. The molecule has 0 radical (unpaired) electrons. The van der Waals surface area contributed by atoms with Gasteiger partial charge < -0.3 is 0 Å². The van der Waals surface area contributed by atoms with Crippen molar-refractivity contribution in [2.75, 3.05) is 0 Å². The van der Waals surface area contributed by atoms with Crippen molar-refractivity contribution < 1.29 is 0 Å². The minimum atomic E-state index is -0.133. The van der Waals surface area contributed by atoms with Gasteiger partial charge in [0.25, 0.3) is 5.56 Å². The molecule has 0 saturated carbocycles. The average molecular weight is 285 g/mol. The lowest BCUT2D eigenvalue weighted by atomic mass is 10.1. The molecule has 0 aliphatic rings. The van der Waals surface area contributed by atoms with Gasteiger partial charge in [0, 0.05) is 10.4 Å². The van der Waals surface area contributed by atoms with Crippen molar-refractivity contribution in [3.05, 3.63) is 69.1 Å². The summed E-state index contributed by atoms with van der Waals surface area (Å²) in [5, 5.41) is 6.56. The van der Waals surface area contributed by atoms with Crippen LogP contribution in [0, 0.1) is 13.8 Å². The van der Waals surface area contributed by atoms with Crippen LogP contribution in [0.25, 0.3) is 16.5 Å². The number of hydrogen-bond donors (Lipinski definition) is 0. The van der Waals surface area contributed by atoms with Crippen molar-refractivity contribution in [2.45, 2.75) is 13.8 Å². The maximum atomic E-state index is 12.5. The van der Waals surface area contributed by atoms with Crippen molar-refractivity contribution in [1.29, 1.82) is 0 Å². The fourth-order valence-electron chi connectivity index (χ4n) is 2.24. The first-order valence-corrected chi connectivity index (χ1v) is 6.71. The third kappa shape index (κ3) is 2.00. The number of hydrogen-bond acceptors (Lipinski definition) is 2. The van der Waals surface area contributed by atoms with Crippen LogP contribution in [0.4, 0.5) is 0 Å². The molecule has 3 rings (SSSR count). The van der Waals surface area contributed by atoms with E-state index in [9.17, 15) is 4.79 Å². The summed E-state index contributed by atoms with van der Waals surface area (Å²) in [6, 6.07) is 13.0. The predicted molar refractivity (Wildman–Crippen MR) is 81.8 cm³/mol. The largest absolute Gasteiger partial charge is 0.279 e. The quantitative estimate of drug-likeness (QED) is 0.683. The highest BCUT2D eigenvalue weighted by molar-refractivity contribution is 6.31. The van der Waals surface area contributed by atoms with Gasteiger partial charge in [-0.1, -0.05) is 35.9 Å². The van der Waals surface area contributed by atoms with Gasteiger partial charge in [0.05, 0.1) is 16.8 Å². The smallest absolute Gasteiger partial charge is 0.267 e. The second kappa shape index (κ2) is 4.76. The summed E-state index contributed by atoms with van der Waals surface area (Å²) < 4.78 is 1.41. The molecular weight excluding hydrogens is 272 g/mol. The lowest BCUT2D eigenvalue weighted by molar-refractivity contribution is 0.801. The molecule has 4 heteroatoms. The van der Waals surface area contributed by atoms with Crippen molar-refractivity contribution in [2.24, 2.45) is 0 Å². The van der Waals surface area contributed by atoms with E-state index in [0.717, 1.165) is 16.6 Å². The zero-order valence-electron chi connectivity index (χ0n) is 11.2. The number of benzene rings is 2. The maximum absolute atomic E-state index is 12.5. The predicted octanol–water partition coefficient (Wildman–Crippen LogP) is 3.66. The molecule has 0 aliphatic heterocycles. The molecule has 0 bridgehead atoms. The lowest BCUT2D eigenvalue weighted by Crippen LogP contribution is -2.22. The topological polar surface area (TPSA) is 34.9 Å². The minimum Gasteiger partial charge on any atom is -0.267 e. The third-order valence-electron chi connectivity index (χ3n) is 3.39. The Balaban J connectivity index is 2.34. The Morgan fingerprint density at radius 3 is 2.45 bits per heavy atom. The summed E-state index contributed by atoms with van der Waals surface area (Å²) in [7, 11) is 0. The standard InChI is InChI=1S/C16H13ClN2O/c1-10-7-8-12(9-15(10)17)19-16(20)14-6-4-3-5-13(14)11(2)18-19/h3-9H,1-2H3. The second-order valence-corrected chi connectivity index (χ2v) is 5.19. The van der Waals surface area contributed by atoms with Crippen molar-refractivity contribution in [3.63, 3.8) is 0 Å². The van der Waals surface area contributed by atoms with E-state index in [2.05, 4.69) is 5.10 Å². The summed E-state index contributed by atoms with van der Waals surface area (Å²) in [5.41, 5.74) is 2.34. The Morgan fingerprint density at radius 1 is 1.05 bits per heavy atom. The van der Waals surface area contributed by atoms with E-state index < -0.39 is 0 Å². The monoisotopic (exact) mass is 284 g/mol. The number of aryl methyl sites for hydroxylation is 2. The molecular formula is C16H13ClN2O. The molecule has 0 spiro atoms. The zero-order valence-corrected chi connectivity index (χ0v) is 12.0. The lowest BCUT2D eigenvalue weighted by Gasteiger charge is -2.09. The van der Waals surface area contributed by atoms with Crippen molar-refractivity contribution in [3.8, 4) is 5.69 Å². The fourth-order valence-corrected chi connectivity index (χ4v) is 2.41. The fraction of sp³-hybridized carbons (Fsp3) is 0.125. The van der Waals surface area contributed by atoms with E-state index in [0.29, 0.717) is 16.1 Å². The Labute approximate surface area is 121 Å². The number of nitrogens with zero attached hydrogens (tertiary/aromatic N) is 2. The Bertz CT molecular complexity index is 868. The molecule has 0 aliphatic carbocycles. The van der Waals surface area contributed by atoms with Crippen LogP contribution in [0.1, 0.15) is 11.3 Å². The van der Waals surface area contributed by atoms with E-state index in [-0.39, 0.29) is 5.56 Å². The van der Waals surface area contributed by atoms with Gasteiger partial charge in [0.15, 0.2) is 0 Å². The number of halogens is 1. The van der Waals surface area contributed by atoms with Crippen LogP contribution in [0.3, 0.4) is 0 Å². The van der Waals surface area contributed by atoms with Crippen LogP contribution in [-0.4, -0.2) is 9.78 Å². The van der Waals surface area contributed by atoms with Crippen molar-refractivity contribution in [1.82, 2.24) is 9.78 Å². The summed E-state index contributed by atoms with van der Waals surface area (Å²) in [4.78, 5) is 12.5. The molecule has 0 amide bonds. The summed E-state index contributed by atoms with van der Waals surface area (Å²) >= 11 is 6.13. The highest BCUT2D eigenvalue weighted by Gasteiger charge is 2.09. The van der Waals surface area contributed by atoms with Gasteiger partial charge >= 0.3 is 0 Å². The molecule has 1 aromatic heterocycles. The highest BCUT2D eigenvalue weighted by Crippen LogP contribution is 2.19. The number of aromatic nitrogens is 2. The molecule has 2 aromatic carbocycles. The van der Waals surface area contributed by atoms with Gasteiger partial charge in [0.1, 0.15) is 0 Å². The van der Waals surface area contributed by atoms with E-state index in [1.165, 1.54) is 4.68 Å². The van der Waals surface area contributed by atoms with Crippen LogP contribution in [0.5, 0.6) is 0 Å². The zero-order chi connectivity index (χ0) is 14.3. The molecule has 20 heavy (non-hydrogen) atoms. The van der Waals surface area contributed by atoms with Gasteiger partial charge in [-0.3, -0.25) is 4.79 Å². The van der Waals surface area contributed by atoms with E-state index in [1.54, 1.807) is 6.07 Å². The Hall–Kier alpha value is -2.13. The van der Waals surface area contributed by atoms with Crippen molar-refractivity contribution >= 4 is 22.4 Å². The SMILES string of the molecule is Cc1ccc(-n2nc(C)c3ccccc3c2=O)cc1Cl. The molecule has 100 valence electrons. The molecule has 3 nitrogen and oxygen atoms in total. The normalized spacial score (nSPS) is 10.9. The maximum Gasteiger partial charge on any atom is 0.279 e. The molecule has 0 N–H and O–H groups in total. The Kier molecular flexibility index (Phi) is 3.07. The molecule has 0 fully saturated rings. The summed E-state index contributed by atoms with van der Waals surface area (Å²) in [6.07, 6.45) is 0. The third-order valence-corrected chi connectivity index (χ3v) is 3.80. The van der Waals surface area contributed by atoms with Crippen LogP contribution < -0.4 is 5.56 Å². The van der Waals surface area contributed by atoms with Crippen LogP contribution in [0.2, 0.25) is 5.02 Å². The van der Waals surface area contributed by atoms with Gasteiger partial charge in [-0.2, -0.15) is 9.78 Å². The number of fused-ring (bicyclic) bond motifs is 1. The van der Waals surface area contributed by atoms with E-state index in [4.69, 9.17) is 11.6 Å². The second-order valence-electron chi connectivity index (χ2n) is 4.78. The molecule has 0 saturated heterocycles. The van der Waals surface area contributed by atoms with Gasteiger partial charge in [-0.25, -0.2) is 0 Å². The van der Waals surface area contributed by atoms with Gasteiger partial charge in [-0.05, 0) is 37.6 Å². The van der Waals surface area contributed by atoms with E-state index in [1.807, 2.05) is 50.2 Å². The Morgan fingerprint density at radius 2 is 1.75 bits per heavy atom. The average Bonchev–Trinajstić information content (AvgIpc) is 2.46. The first-order chi connectivity index (χ1) is 9.58. The minimum absolute atomic E-state index is 0.133. The highest BCUT2D eigenvalue weighted by atomic mass is 35.5. The molecule has 0 atom stereocenters. The summed E-state index contributed by atoms with van der Waals surface area (Å²) in [5.74, 6) is 0. The van der Waals surface area contributed by atoms with Crippen LogP contribution in [-0.2, 0) is 0 Å². The van der Waals surface area contributed by atoms with Crippen LogP contribution >= 0.6 is 11.6 Å². The first-order valence-electron chi connectivity index (χ1n) is 6.33. The van der Waals surface area contributed by atoms with Gasteiger partial charge in [-0.15, -0.1) is 0 Å². The first kappa shape index (κ1) is 12.9. The van der Waals surface area contributed by atoms with Crippen LogP contribution in [0.15, 0.2) is 47.3 Å². The molecule has 1 heterocycles. The van der Waals surface area contributed by atoms with E-state index >= 15 is 0 Å². The molecule has 3 aromatic rings.